The Morgan fingerprint density at radius 3 is 2.48 bits per heavy atom. The molecule has 6 heteroatoms. The standard InChI is InChI=1S/C27H24N2O4/c1-2-3-15-31-20-11-9-18(10-12-20)25-22-14-13-21(16-24(22)33-26(29)23(25)17-28)32-27(30)19-7-5-4-6-8-19/h4-14,16,25H,2-3,15,29H2,1H3. The molecule has 4 rings (SSSR count). The van der Waals surface area contributed by atoms with Gasteiger partial charge in [0, 0.05) is 11.6 Å². The van der Waals surface area contributed by atoms with Crippen LogP contribution in [0.1, 0.15) is 47.2 Å². The number of carbonyl (C=O) groups is 1. The summed E-state index contributed by atoms with van der Waals surface area (Å²) in [4.78, 5) is 12.4. The molecule has 1 atom stereocenters. The number of allylic oxidation sites excluding steroid dienone is 1. The molecule has 1 aliphatic rings. The number of ether oxygens (including phenoxy) is 3. The predicted molar refractivity (Wildman–Crippen MR) is 124 cm³/mol. The molecule has 1 aliphatic heterocycles. The maximum atomic E-state index is 12.4. The second kappa shape index (κ2) is 9.92. The molecule has 1 heterocycles. The minimum atomic E-state index is -0.470. The van der Waals surface area contributed by atoms with Gasteiger partial charge < -0.3 is 19.9 Å². The van der Waals surface area contributed by atoms with Gasteiger partial charge >= 0.3 is 5.97 Å². The van der Waals surface area contributed by atoms with Crippen LogP contribution in [0.5, 0.6) is 17.2 Å². The van der Waals surface area contributed by atoms with E-state index in [0.29, 0.717) is 29.2 Å². The SMILES string of the molecule is CCCCOc1ccc(C2C(C#N)=C(N)Oc3cc(OC(=O)c4ccccc4)ccc32)cc1. The molecule has 0 fully saturated rings. The quantitative estimate of drug-likeness (QED) is 0.304. The average molecular weight is 440 g/mol. The van der Waals surface area contributed by atoms with Crippen molar-refractivity contribution in [2.45, 2.75) is 25.7 Å². The minimum absolute atomic E-state index is 0.0322. The Kier molecular flexibility index (Phi) is 6.61. The molecule has 2 N–H and O–H groups in total. The van der Waals surface area contributed by atoms with Gasteiger partial charge in [0.25, 0.3) is 0 Å². The number of carbonyl (C=O) groups excluding carboxylic acids is 1. The van der Waals surface area contributed by atoms with Crippen LogP contribution < -0.4 is 19.9 Å². The normalized spacial score (nSPS) is 14.6. The van der Waals surface area contributed by atoms with Gasteiger partial charge in [0.05, 0.1) is 18.1 Å². The fourth-order valence-corrected chi connectivity index (χ4v) is 3.67. The van der Waals surface area contributed by atoms with Crippen LogP contribution in [0.2, 0.25) is 0 Å². The second-order valence-electron chi connectivity index (χ2n) is 7.65. The van der Waals surface area contributed by atoms with Crippen molar-refractivity contribution in [2.75, 3.05) is 6.61 Å². The largest absolute Gasteiger partial charge is 0.494 e. The van der Waals surface area contributed by atoms with Crippen molar-refractivity contribution in [3.8, 4) is 23.3 Å². The van der Waals surface area contributed by atoms with Gasteiger partial charge in [-0.2, -0.15) is 5.26 Å². The monoisotopic (exact) mass is 440 g/mol. The van der Waals surface area contributed by atoms with E-state index in [1.165, 1.54) is 0 Å². The molecule has 0 saturated heterocycles. The smallest absolute Gasteiger partial charge is 0.343 e. The number of nitrogens with two attached hydrogens (primary N) is 1. The summed E-state index contributed by atoms with van der Waals surface area (Å²) < 4.78 is 17.0. The van der Waals surface area contributed by atoms with Crippen LogP contribution >= 0.6 is 0 Å². The lowest BCUT2D eigenvalue weighted by molar-refractivity contribution is 0.0734. The number of benzene rings is 3. The van der Waals surface area contributed by atoms with Crippen LogP contribution in [0.15, 0.2) is 84.3 Å². The van der Waals surface area contributed by atoms with Gasteiger partial charge in [-0.15, -0.1) is 0 Å². The summed E-state index contributed by atoms with van der Waals surface area (Å²) in [5, 5.41) is 9.75. The number of nitrogens with zero attached hydrogens (tertiary/aromatic N) is 1. The number of hydrogen-bond donors (Lipinski definition) is 1. The first-order valence-corrected chi connectivity index (χ1v) is 10.8. The first-order valence-electron chi connectivity index (χ1n) is 10.8. The summed E-state index contributed by atoms with van der Waals surface area (Å²) in [6, 6.07) is 23.6. The molecule has 0 amide bonds. The minimum Gasteiger partial charge on any atom is -0.494 e. The third-order valence-corrected chi connectivity index (χ3v) is 5.39. The third-order valence-electron chi connectivity index (χ3n) is 5.39. The van der Waals surface area contributed by atoms with Crippen LogP contribution in [-0.4, -0.2) is 12.6 Å². The zero-order valence-corrected chi connectivity index (χ0v) is 18.3. The highest BCUT2D eigenvalue weighted by molar-refractivity contribution is 5.91. The van der Waals surface area contributed by atoms with Crippen molar-refractivity contribution in [2.24, 2.45) is 5.73 Å². The summed E-state index contributed by atoms with van der Waals surface area (Å²) >= 11 is 0. The molecule has 0 saturated carbocycles. The first kappa shape index (κ1) is 22.0. The van der Waals surface area contributed by atoms with Gasteiger partial charge in [-0.05, 0) is 42.3 Å². The van der Waals surface area contributed by atoms with Gasteiger partial charge in [0.2, 0.25) is 5.88 Å². The average Bonchev–Trinajstić information content (AvgIpc) is 2.84. The fraction of sp³-hybridized carbons (Fsp3) is 0.185. The molecule has 166 valence electrons. The van der Waals surface area contributed by atoms with Crippen molar-refractivity contribution < 1.29 is 19.0 Å². The van der Waals surface area contributed by atoms with Crippen LogP contribution in [0.25, 0.3) is 0 Å². The van der Waals surface area contributed by atoms with Gasteiger partial charge in [0.1, 0.15) is 28.9 Å². The van der Waals surface area contributed by atoms with E-state index in [1.54, 1.807) is 42.5 Å². The predicted octanol–water partition coefficient (Wildman–Crippen LogP) is 5.30. The van der Waals surface area contributed by atoms with E-state index in [2.05, 4.69) is 13.0 Å². The lowest BCUT2D eigenvalue weighted by Gasteiger charge is -2.26. The van der Waals surface area contributed by atoms with Crippen molar-refractivity contribution in [3.63, 3.8) is 0 Å². The summed E-state index contributed by atoms with van der Waals surface area (Å²) in [6.45, 7) is 2.78. The van der Waals surface area contributed by atoms with Gasteiger partial charge in [-0.1, -0.05) is 49.7 Å². The number of nitriles is 1. The third kappa shape index (κ3) is 4.83. The first-order chi connectivity index (χ1) is 16.1. The van der Waals surface area contributed by atoms with Gasteiger partial charge in [-0.25, -0.2) is 4.79 Å². The second-order valence-corrected chi connectivity index (χ2v) is 7.65. The molecule has 0 aliphatic carbocycles. The molecule has 3 aromatic rings. The zero-order valence-electron chi connectivity index (χ0n) is 18.3. The number of fused-ring (bicyclic) bond motifs is 1. The maximum absolute atomic E-state index is 12.4. The summed E-state index contributed by atoms with van der Waals surface area (Å²) in [5.41, 5.74) is 8.51. The van der Waals surface area contributed by atoms with E-state index < -0.39 is 11.9 Å². The molecule has 1 unspecified atom stereocenters. The molecule has 0 spiro atoms. The van der Waals surface area contributed by atoms with E-state index in [4.69, 9.17) is 19.9 Å². The summed E-state index contributed by atoms with van der Waals surface area (Å²) in [5.74, 6) is 0.709. The van der Waals surface area contributed by atoms with E-state index in [0.717, 1.165) is 29.7 Å². The van der Waals surface area contributed by atoms with E-state index >= 15 is 0 Å². The number of unbranched alkanes of at least 4 members (excludes halogenated alkanes) is 1. The van der Waals surface area contributed by atoms with Crippen LogP contribution in [0.4, 0.5) is 0 Å². The van der Waals surface area contributed by atoms with Crippen molar-refractivity contribution in [3.05, 3.63) is 101 Å². The maximum Gasteiger partial charge on any atom is 0.343 e. The zero-order chi connectivity index (χ0) is 23.2. The van der Waals surface area contributed by atoms with E-state index in [-0.39, 0.29) is 5.88 Å². The van der Waals surface area contributed by atoms with Crippen molar-refractivity contribution in [1.82, 2.24) is 0 Å². The lowest BCUT2D eigenvalue weighted by Crippen LogP contribution is -2.21. The van der Waals surface area contributed by atoms with Crippen LogP contribution in [-0.2, 0) is 0 Å². The highest BCUT2D eigenvalue weighted by Gasteiger charge is 2.31. The lowest BCUT2D eigenvalue weighted by atomic mass is 9.83. The molecule has 6 nitrogen and oxygen atoms in total. The topological polar surface area (TPSA) is 94.6 Å². The fourth-order valence-electron chi connectivity index (χ4n) is 3.67. The summed E-state index contributed by atoms with van der Waals surface area (Å²) in [7, 11) is 0. The molecular weight excluding hydrogens is 416 g/mol. The number of rotatable bonds is 7. The molecule has 33 heavy (non-hydrogen) atoms. The Bertz CT molecular complexity index is 1210. The molecule has 0 bridgehead atoms. The molecule has 0 aromatic heterocycles. The Morgan fingerprint density at radius 1 is 1.06 bits per heavy atom. The Balaban J connectivity index is 1.61. The van der Waals surface area contributed by atoms with E-state index in [1.807, 2.05) is 30.3 Å². The Hall–Kier alpha value is -4.24. The van der Waals surface area contributed by atoms with Crippen molar-refractivity contribution in [1.29, 1.82) is 5.26 Å². The van der Waals surface area contributed by atoms with Crippen molar-refractivity contribution >= 4 is 5.97 Å². The Labute approximate surface area is 192 Å². The summed E-state index contributed by atoms with van der Waals surface area (Å²) in [6.07, 6.45) is 2.05. The molecule has 3 aromatic carbocycles. The van der Waals surface area contributed by atoms with Crippen LogP contribution in [0.3, 0.4) is 0 Å². The number of esters is 1. The van der Waals surface area contributed by atoms with Gasteiger partial charge in [0.15, 0.2) is 0 Å². The Morgan fingerprint density at radius 2 is 1.79 bits per heavy atom. The molecular formula is C27H24N2O4. The number of hydrogen-bond acceptors (Lipinski definition) is 6. The van der Waals surface area contributed by atoms with Gasteiger partial charge in [-0.3, -0.25) is 0 Å². The van der Waals surface area contributed by atoms with E-state index in [9.17, 15) is 10.1 Å². The van der Waals surface area contributed by atoms with Crippen LogP contribution in [0, 0.1) is 11.3 Å². The molecule has 0 radical (unpaired) electrons. The highest BCUT2D eigenvalue weighted by atomic mass is 16.5. The highest BCUT2D eigenvalue weighted by Crippen LogP contribution is 2.43.